The van der Waals surface area contributed by atoms with Crippen LogP contribution in [-0.2, 0) is 17.8 Å². The van der Waals surface area contributed by atoms with Gasteiger partial charge in [-0.05, 0) is 66.2 Å². The Morgan fingerprint density at radius 1 is 1.16 bits per heavy atom. The van der Waals surface area contributed by atoms with Gasteiger partial charge in [-0.1, -0.05) is 12.5 Å². The SMILES string of the molecule is Cc1ccc(NC(=O)[C@@H]2CCCN(c3ncnc4c3nc3n4CCCCC3)C2)c(Br)c1. The molecule has 1 amide bonds. The van der Waals surface area contributed by atoms with E-state index < -0.39 is 0 Å². The molecule has 4 heterocycles. The van der Waals surface area contributed by atoms with Crippen molar-refractivity contribution in [3.8, 4) is 0 Å². The zero-order chi connectivity index (χ0) is 21.4. The summed E-state index contributed by atoms with van der Waals surface area (Å²) < 4.78 is 3.17. The molecule has 3 aromatic rings. The number of halogens is 1. The summed E-state index contributed by atoms with van der Waals surface area (Å²) in [7, 11) is 0. The van der Waals surface area contributed by atoms with Crippen LogP contribution in [0.4, 0.5) is 11.5 Å². The number of fused-ring (bicyclic) bond motifs is 3. The molecule has 2 aliphatic rings. The van der Waals surface area contributed by atoms with Crippen molar-refractivity contribution in [1.82, 2.24) is 19.5 Å². The van der Waals surface area contributed by atoms with Crippen LogP contribution in [0, 0.1) is 12.8 Å². The first kappa shape index (κ1) is 20.4. The third-order valence-corrected chi connectivity index (χ3v) is 7.00. The van der Waals surface area contributed by atoms with Gasteiger partial charge in [-0.25, -0.2) is 15.0 Å². The van der Waals surface area contributed by atoms with Crippen LogP contribution in [0.5, 0.6) is 0 Å². The van der Waals surface area contributed by atoms with E-state index in [2.05, 4.69) is 40.7 Å². The standard InChI is InChI=1S/C23H27BrN6O/c1-15-8-9-18(17(24)12-15)27-23(31)16-6-5-10-29(13-16)21-20-22(26-14-25-21)30-11-4-2-3-7-19(30)28-20/h8-9,12,14,16H,2-7,10-11,13H2,1H3,(H,27,31)/t16-/m1/s1. The molecule has 5 rings (SSSR count). The largest absolute Gasteiger partial charge is 0.354 e. The summed E-state index contributed by atoms with van der Waals surface area (Å²) in [5, 5.41) is 3.10. The summed E-state index contributed by atoms with van der Waals surface area (Å²) >= 11 is 3.56. The fourth-order valence-electron chi connectivity index (χ4n) is 4.70. The minimum Gasteiger partial charge on any atom is -0.354 e. The first-order valence-electron chi connectivity index (χ1n) is 11.1. The Hall–Kier alpha value is -2.48. The highest BCUT2D eigenvalue weighted by atomic mass is 79.9. The maximum atomic E-state index is 13.0. The zero-order valence-electron chi connectivity index (χ0n) is 17.8. The minimum absolute atomic E-state index is 0.0557. The van der Waals surface area contributed by atoms with Gasteiger partial charge in [-0.15, -0.1) is 0 Å². The van der Waals surface area contributed by atoms with Crippen LogP contribution in [0.15, 0.2) is 29.0 Å². The van der Waals surface area contributed by atoms with E-state index in [4.69, 9.17) is 4.98 Å². The number of carbonyl (C=O) groups is 1. The highest BCUT2D eigenvalue weighted by Gasteiger charge is 2.29. The molecule has 1 fully saturated rings. The summed E-state index contributed by atoms with van der Waals surface area (Å²) in [6.45, 7) is 4.53. The second-order valence-electron chi connectivity index (χ2n) is 8.62. The molecular weight excluding hydrogens is 456 g/mol. The van der Waals surface area contributed by atoms with E-state index >= 15 is 0 Å². The van der Waals surface area contributed by atoms with Gasteiger partial charge in [0.25, 0.3) is 0 Å². The van der Waals surface area contributed by atoms with Gasteiger partial charge in [0.2, 0.25) is 5.91 Å². The summed E-state index contributed by atoms with van der Waals surface area (Å²) in [4.78, 5) is 29.3. The highest BCUT2D eigenvalue weighted by Crippen LogP contribution is 2.30. The third-order valence-electron chi connectivity index (χ3n) is 6.35. The van der Waals surface area contributed by atoms with Crippen LogP contribution in [0.1, 0.15) is 43.5 Å². The number of nitrogens with zero attached hydrogens (tertiary/aromatic N) is 5. The monoisotopic (exact) mass is 482 g/mol. The van der Waals surface area contributed by atoms with Crippen LogP contribution in [0.3, 0.4) is 0 Å². The summed E-state index contributed by atoms with van der Waals surface area (Å²) in [6.07, 6.45) is 8.04. The predicted octanol–water partition coefficient (Wildman–Crippen LogP) is 4.48. The fourth-order valence-corrected chi connectivity index (χ4v) is 5.29. The van der Waals surface area contributed by atoms with Crippen molar-refractivity contribution < 1.29 is 4.79 Å². The molecule has 31 heavy (non-hydrogen) atoms. The Labute approximate surface area is 190 Å². The number of imidazole rings is 1. The number of anilines is 2. The second-order valence-corrected chi connectivity index (χ2v) is 9.47. The van der Waals surface area contributed by atoms with Crippen LogP contribution < -0.4 is 10.2 Å². The summed E-state index contributed by atoms with van der Waals surface area (Å²) in [5.41, 5.74) is 3.77. The van der Waals surface area contributed by atoms with Gasteiger partial charge in [-0.3, -0.25) is 4.79 Å². The molecule has 0 spiro atoms. The van der Waals surface area contributed by atoms with E-state index in [0.717, 1.165) is 70.9 Å². The van der Waals surface area contributed by atoms with E-state index in [9.17, 15) is 4.79 Å². The molecule has 2 aliphatic heterocycles. The first-order chi connectivity index (χ1) is 15.1. The van der Waals surface area contributed by atoms with E-state index in [1.165, 1.54) is 19.3 Å². The maximum Gasteiger partial charge on any atom is 0.229 e. The van der Waals surface area contributed by atoms with E-state index in [1.54, 1.807) is 6.33 Å². The number of amides is 1. The van der Waals surface area contributed by atoms with Gasteiger partial charge in [0.15, 0.2) is 17.0 Å². The van der Waals surface area contributed by atoms with Gasteiger partial charge in [-0.2, -0.15) is 0 Å². The molecule has 0 unspecified atom stereocenters. The fraction of sp³-hybridized carbons (Fsp3) is 0.478. The molecule has 1 atom stereocenters. The van der Waals surface area contributed by atoms with Crippen molar-refractivity contribution in [2.75, 3.05) is 23.3 Å². The molecule has 0 aliphatic carbocycles. The predicted molar refractivity (Wildman–Crippen MR) is 125 cm³/mol. The molecule has 0 radical (unpaired) electrons. The van der Waals surface area contributed by atoms with Crippen molar-refractivity contribution >= 4 is 44.5 Å². The lowest BCUT2D eigenvalue weighted by Gasteiger charge is -2.32. The van der Waals surface area contributed by atoms with Gasteiger partial charge in [0, 0.05) is 30.5 Å². The lowest BCUT2D eigenvalue weighted by atomic mass is 9.97. The van der Waals surface area contributed by atoms with Crippen LogP contribution in [-0.4, -0.2) is 38.5 Å². The molecule has 1 saturated heterocycles. The Morgan fingerprint density at radius 3 is 2.94 bits per heavy atom. The number of carbonyl (C=O) groups excluding carboxylic acids is 1. The second kappa shape index (κ2) is 8.57. The average Bonchev–Trinajstić information content (AvgIpc) is 2.96. The smallest absolute Gasteiger partial charge is 0.229 e. The van der Waals surface area contributed by atoms with Crippen molar-refractivity contribution in [2.45, 2.75) is 52.0 Å². The van der Waals surface area contributed by atoms with Crippen LogP contribution >= 0.6 is 15.9 Å². The highest BCUT2D eigenvalue weighted by molar-refractivity contribution is 9.10. The van der Waals surface area contributed by atoms with E-state index in [-0.39, 0.29) is 11.8 Å². The summed E-state index contributed by atoms with van der Waals surface area (Å²) in [5.74, 6) is 1.94. The number of aromatic nitrogens is 4. The zero-order valence-corrected chi connectivity index (χ0v) is 19.4. The first-order valence-corrected chi connectivity index (χ1v) is 11.9. The number of piperidine rings is 1. The number of aryl methyl sites for hydroxylation is 3. The third kappa shape index (κ3) is 4.05. The number of hydrogen-bond donors (Lipinski definition) is 1. The van der Waals surface area contributed by atoms with Crippen molar-refractivity contribution in [1.29, 1.82) is 0 Å². The lowest BCUT2D eigenvalue weighted by molar-refractivity contribution is -0.120. The number of nitrogens with one attached hydrogen (secondary N) is 1. The van der Waals surface area contributed by atoms with Crippen LogP contribution in [0.25, 0.3) is 11.2 Å². The lowest BCUT2D eigenvalue weighted by Crippen LogP contribution is -2.41. The molecule has 0 bridgehead atoms. The minimum atomic E-state index is -0.0904. The van der Waals surface area contributed by atoms with Crippen LogP contribution in [0.2, 0.25) is 0 Å². The Morgan fingerprint density at radius 2 is 2.06 bits per heavy atom. The quantitative estimate of drug-likeness (QED) is 0.595. The molecule has 1 N–H and O–H groups in total. The molecular formula is C23H27BrN6O. The molecule has 0 saturated carbocycles. The molecule has 2 aromatic heterocycles. The Balaban J connectivity index is 1.38. The topological polar surface area (TPSA) is 75.9 Å². The van der Waals surface area contributed by atoms with E-state index in [1.807, 2.05) is 25.1 Å². The number of hydrogen-bond acceptors (Lipinski definition) is 5. The maximum absolute atomic E-state index is 13.0. The van der Waals surface area contributed by atoms with Gasteiger partial charge < -0.3 is 14.8 Å². The van der Waals surface area contributed by atoms with Crippen molar-refractivity contribution in [3.63, 3.8) is 0 Å². The molecule has 162 valence electrons. The number of rotatable bonds is 3. The normalized spacial score (nSPS) is 19.2. The van der Waals surface area contributed by atoms with E-state index in [0.29, 0.717) is 6.54 Å². The molecule has 1 aromatic carbocycles. The Bertz CT molecular complexity index is 1130. The number of benzene rings is 1. The molecule has 7 nitrogen and oxygen atoms in total. The van der Waals surface area contributed by atoms with Gasteiger partial charge in [0.1, 0.15) is 12.2 Å². The van der Waals surface area contributed by atoms with Gasteiger partial charge >= 0.3 is 0 Å². The van der Waals surface area contributed by atoms with Crippen molar-refractivity contribution in [2.24, 2.45) is 5.92 Å². The van der Waals surface area contributed by atoms with Gasteiger partial charge in [0.05, 0.1) is 11.6 Å². The summed E-state index contributed by atoms with van der Waals surface area (Å²) in [6, 6.07) is 5.97. The Kier molecular flexibility index (Phi) is 5.65. The van der Waals surface area contributed by atoms with Crippen molar-refractivity contribution in [3.05, 3.63) is 40.4 Å². The average molecular weight is 483 g/mol. The molecule has 8 heteroatoms.